The molecule has 0 aliphatic carbocycles. The number of nitrogens with zero attached hydrogens (tertiary/aromatic N) is 2. The van der Waals surface area contributed by atoms with Crippen LogP contribution in [0, 0.1) is 0 Å². The van der Waals surface area contributed by atoms with Gasteiger partial charge in [-0.15, -0.1) is 0 Å². The zero-order valence-electron chi connectivity index (χ0n) is 12.1. The monoisotopic (exact) mass is 347 g/mol. The Hall–Kier alpha value is -1.62. The number of fused-ring (bicyclic) bond motifs is 1. The van der Waals surface area contributed by atoms with Gasteiger partial charge in [0.1, 0.15) is 17.4 Å². The van der Waals surface area contributed by atoms with Crippen molar-refractivity contribution in [2.45, 2.75) is 32.1 Å². The molecule has 3 rings (SSSR count). The molecule has 1 atom stereocenters. The molecule has 0 saturated heterocycles. The number of hydrogen-bond donors (Lipinski definition) is 1. The first kappa shape index (κ1) is 14.3. The Morgan fingerprint density at radius 1 is 1.29 bits per heavy atom. The molecule has 0 bridgehead atoms. The second-order valence-corrected chi connectivity index (χ2v) is 6.34. The molecule has 5 heteroatoms. The smallest absolute Gasteiger partial charge is 0.141 e. The van der Waals surface area contributed by atoms with E-state index in [-0.39, 0.29) is 5.92 Å². The van der Waals surface area contributed by atoms with Crippen molar-refractivity contribution in [1.82, 2.24) is 9.97 Å². The van der Waals surface area contributed by atoms with Crippen LogP contribution >= 0.6 is 15.9 Å². The minimum atomic E-state index is 0.142. The van der Waals surface area contributed by atoms with Crippen molar-refractivity contribution in [2.75, 3.05) is 12.3 Å². The van der Waals surface area contributed by atoms with Crippen LogP contribution in [-0.2, 0) is 0 Å². The Morgan fingerprint density at radius 3 is 2.81 bits per heavy atom. The van der Waals surface area contributed by atoms with Crippen molar-refractivity contribution in [3.05, 3.63) is 45.8 Å². The van der Waals surface area contributed by atoms with Gasteiger partial charge in [0.25, 0.3) is 0 Å². The maximum Gasteiger partial charge on any atom is 0.141 e. The first-order valence-electron chi connectivity index (χ1n) is 7.12. The van der Waals surface area contributed by atoms with E-state index in [1.807, 2.05) is 18.2 Å². The van der Waals surface area contributed by atoms with Gasteiger partial charge < -0.3 is 10.5 Å². The highest BCUT2D eigenvalue weighted by Crippen LogP contribution is 2.38. The van der Waals surface area contributed by atoms with Gasteiger partial charge in [-0.05, 0) is 34.3 Å². The highest BCUT2D eigenvalue weighted by atomic mass is 79.9. The number of aromatic nitrogens is 2. The Bertz CT molecular complexity index is 673. The zero-order chi connectivity index (χ0) is 15.0. The van der Waals surface area contributed by atoms with E-state index >= 15 is 0 Å². The molecule has 21 heavy (non-hydrogen) atoms. The summed E-state index contributed by atoms with van der Waals surface area (Å²) in [6, 6.07) is 8.08. The number of para-hydroxylation sites is 1. The molecule has 0 amide bonds. The fourth-order valence-electron chi connectivity index (χ4n) is 2.65. The summed E-state index contributed by atoms with van der Waals surface area (Å²) >= 11 is 3.50. The van der Waals surface area contributed by atoms with Crippen molar-refractivity contribution in [3.63, 3.8) is 0 Å². The zero-order valence-corrected chi connectivity index (χ0v) is 13.7. The van der Waals surface area contributed by atoms with Crippen molar-refractivity contribution in [2.24, 2.45) is 0 Å². The second kappa shape index (κ2) is 5.64. The third-order valence-corrected chi connectivity index (χ3v) is 4.55. The fourth-order valence-corrected chi connectivity index (χ4v) is 3.29. The van der Waals surface area contributed by atoms with Crippen LogP contribution in [0.5, 0.6) is 5.75 Å². The summed E-state index contributed by atoms with van der Waals surface area (Å²) in [6.07, 6.45) is 0.871. The van der Waals surface area contributed by atoms with Crippen molar-refractivity contribution < 1.29 is 4.74 Å². The van der Waals surface area contributed by atoms with Gasteiger partial charge in [0.15, 0.2) is 0 Å². The van der Waals surface area contributed by atoms with Gasteiger partial charge in [0, 0.05) is 5.56 Å². The summed E-state index contributed by atoms with van der Waals surface area (Å²) in [5.74, 6) is 2.65. The molecular weight excluding hydrogens is 330 g/mol. The van der Waals surface area contributed by atoms with Gasteiger partial charge in [-0.3, -0.25) is 0 Å². The SMILES string of the molecule is CC(C)c1nc(C2CCOc3ccccc32)nc(N)c1Br. The number of anilines is 1. The van der Waals surface area contributed by atoms with Gasteiger partial charge in [0.2, 0.25) is 0 Å². The van der Waals surface area contributed by atoms with Crippen molar-refractivity contribution in [1.29, 1.82) is 0 Å². The minimum Gasteiger partial charge on any atom is -0.493 e. The van der Waals surface area contributed by atoms with E-state index in [2.05, 4.69) is 40.8 Å². The van der Waals surface area contributed by atoms with Crippen LogP contribution in [0.2, 0.25) is 0 Å². The van der Waals surface area contributed by atoms with Crippen molar-refractivity contribution >= 4 is 21.7 Å². The lowest BCUT2D eigenvalue weighted by Crippen LogP contribution is -2.19. The summed E-state index contributed by atoms with van der Waals surface area (Å²) < 4.78 is 6.52. The standard InChI is InChI=1S/C16H18BrN3O/c1-9(2)14-13(17)15(18)20-16(19-14)11-7-8-21-12-6-4-3-5-10(11)12/h3-6,9,11H,7-8H2,1-2H3,(H2,18,19,20). The Balaban J connectivity index is 2.10. The minimum absolute atomic E-state index is 0.142. The molecule has 1 unspecified atom stereocenters. The molecule has 0 radical (unpaired) electrons. The summed E-state index contributed by atoms with van der Waals surface area (Å²) in [5, 5.41) is 0. The van der Waals surface area contributed by atoms with Crippen LogP contribution in [0.4, 0.5) is 5.82 Å². The third kappa shape index (κ3) is 2.62. The average molecular weight is 348 g/mol. The van der Waals surface area contributed by atoms with E-state index in [1.165, 1.54) is 0 Å². The van der Waals surface area contributed by atoms with E-state index in [0.29, 0.717) is 18.3 Å². The van der Waals surface area contributed by atoms with Gasteiger partial charge in [-0.25, -0.2) is 9.97 Å². The lowest BCUT2D eigenvalue weighted by molar-refractivity contribution is 0.274. The van der Waals surface area contributed by atoms with Crippen LogP contribution in [0.1, 0.15) is 49.2 Å². The number of halogens is 1. The molecular formula is C16H18BrN3O. The van der Waals surface area contributed by atoms with Crippen LogP contribution in [0.15, 0.2) is 28.7 Å². The van der Waals surface area contributed by atoms with E-state index in [4.69, 9.17) is 15.5 Å². The first-order chi connectivity index (χ1) is 10.1. The summed E-state index contributed by atoms with van der Waals surface area (Å²) in [5.41, 5.74) is 8.16. The molecule has 1 aromatic heterocycles. The molecule has 1 aliphatic heterocycles. The average Bonchev–Trinajstić information content (AvgIpc) is 2.49. The summed E-state index contributed by atoms with van der Waals surface area (Å²) in [4.78, 5) is 9.26. The predicted octanol–water partition coefficient (Wildman–Crippen LogP) is 3.86. The van der Waals surface area contributed by atoms with Gasteiger partial charge in [-0.1, -0.05) is 32.0 Å². The molecule has 1 aromatic carbocycles. The topological polar surface area (TPSA) is 61.0 Å². The fraction of sp³-hybridized carbons (Fsp3) is 0.375. The Labute approximate surface area is 132 Å². The van der Waals surface area contributed by atoms with E-state index in [9.17, 15) is 0 Å². The maximum atomic E-state index is 6.06. The van der Waals surface area contributed by atoms with Gasteiger partial charge in [-0.2, -0.15) is 0 Å². The Kier molecular flexibility index (Phi) is 3.85. The number of ether oxygens (including phenoxy) is 1. The van der Waals surface area contributed by atoms with E-state index in [1.54, 1.807) is 0 Å². The number of hydrogen-bond acceptors (Lipinski definition) is 4. The second-order valence-electron chi connectivity index (χ2n) is 5.55. The van der Waals surface area contributed by atoms with E-state index in [0.717, 1.165) is 33.7 Å². The lowest BCUT2D eigenvalue weighted by atomic mass is 9.92. The van der Waals surface area contributed by atoms with Crippen LogP contribution in [0.25, 0.3) is 0 Å². The highest BCUT2D eigenvalue weighted by Gasteiger charge is 2.26. The van der Waals surface area contributed by atoms with Crippen LogP contribution in [-0.4, -0.2) is 16.6 Å². The molecule has 0 saturated carbocycles. The number of nitrogen functional groups attached to an aromatic ring is 1. The molecule has 2 aromatic rings. The third-order valence-electron chi connectivity index (χ3n) is 3.74. The van der Waals surface area contributed by atoms with E-state index < -0.39 is 0 Å². The lowest BCUT2D eigenvalue weighted by Gasteiger charge is -2.25. The molecule has 2 N–H and O–H groups in total. The van der Waals surface area contributed by atoms with Crippen molar-refractivity contribution in [3.8, 4) is 5.75 Å². The van der Waals surface area contributed by atoms with Crippen LogP contribution < -0.4 is 10.5 Å². The number of rotatable bonds is 2. The molecule has 0 spiro atoms. The first-order valence-corrected chi connectivity index (χ1v) is 7.91. The maximum absolute atomic E-state index is 6.06. The van der Waals surface area contributed by atoms with Crippen LogP contribution in [0.3, 0.4) is 0 Å². The highest BCUT2D eigenvalue weighted by molar-refractivity contribution is 9.10. The van der Waals surface area contributed by atoms with Gasteiger partial charge in [0.05, 0.1) is 22.7 Å². The molecule has 1 aliphatic rings. The molecule has 2 heterocycles. The summed E-state index contributed by atoms with van der Waals surface area (Å²) in [7, 11) is 0. The molecule has 4 nitrogen and oxygen atoms in total. The molecule has 0 fully saturated rings. The molecule has 110 valence electrons. The number of benzene rings is 1. The van der Waals surface area contributed by atoms with Gasteiger partial charge >= 0.3 is 0 Å². The largest absolute Gasteiger partial charge is 0.493 e. The Morgan fingerprint density at radius 2 is 2.05 bits per heavy atom. The predicted molar refractivity (Wildman–Crippen MR) is 86.6 cm³/mol. The quantitative estimate of drug-likeness (QED) is 0.895. The normalized spacial score (nSPS) is 17.4. The summed E-state index contributed by atoms with van der Waals surface area (Å²) in [6.45, 7) is 4.89. The number of nitrogens with two attached hydrogens (primary N) is 1.